The zero-order chi connectivity index (χ0) is 21.9. The number of anilines is 1. The van der Waals surface area contributed by atoms with Crippen molar-refractivity contribution in [3.05, 3.63) is 95.9 Å². The van der Waals surface area contributed by atoms with Crippen molar-refractivity contribution in [2.75, 3.05) is 18.4 Å². The Hall–Kier alpha value is -3.80. The van der Waals surface area contributed by atoms with Crippen molar-refractivity contribution < 1.29 is 9.53 Å². The van der Waals surface area contributed by atoms with Gasteiger partial charge in [0.1, 0.15) is 18.0 Å². The number of fused-ring (bicyclic) bond motifs is 1. The summed E-state index contributed by atoms with van der Waals surface area (Å²) in [6, 6.07) is 21.8. The number of nitrogens with zero attached hydrogens (tertiary/aromatic N) is 3. The van der Waals surface area contributed by atoms with Crippen LogP contribution in [0.4, 0.5) is 5.69 Å². The average molecular weight is 427 g/mol. The molecule has 6 nitrogen and oxygen atoms in total. The van der Waals surface area contributed by atoms with Gasteiger partial charge in [0.15, 0.2) is 0 Å². The van der Waals surface area contributed by atoms with Crippen molar-refractivity contribution in [1.82, 2.24) is 14.3 Å². The highest BCUT2D eigenvalue weighted by molar-refractivity contribution is 5.94. The molecule has 1 aliphatic heterocycles. The largest absolute Gasteiger partial charge is 0.487 e. The lowest BCUT2D eigenvalue weighted by atomic mass is 10.2. The average Bonchev–Trinajstić information content (AvgIpc) is 3.44. The van der Waals surface area contributed by atoms with Crippen LogP contribution in [0.15, 0.2) is 79.1 Å². The van der Waals surface area contributed by atoms with Crippen LogP contribution in [0, 0.1) is 6.92 Å². The minimum atomic E-state index is 0.0598. The van der Waals surface area contributed by atoms with Crippen LogP contribution in [-0.4, -0.2) is 39.3 Å². The molecule has 1 fully saturated rings. The van der Waals surface area contributed by atoms with Gasteiger partial charge in [-0.25, -0.2) is 4.98 Å². The molecule has 1 amide bonds. The molecule has 0 saturated carbocycles. The minimum absolute atomic E-state index is 0.0598. The summed E-state index contributed by atoms with van der Waals surface area (Å²) in [6.45, 7) is 3.90. The molecule has 1 aliphatic rings. The molecule has 1 atom stereocenters. The van der Waals surface area contributed by atoms with Crippen LogP contribution in [0.3, 0.4) is 0 Å². The summed E-state index contributed by atoms with van der Waals surface area (Å²) in [7, 11) is 0. The molecule has 1 unspecified atom stereocenters. The van der Waals surface area contributed by atoms with E-state index in [4.69, 9.17) is 4.74 Å². The van der Waals surface area contributed by atoms with Crippen molar-refractivity contribution in [1.29, 1.82) is 0 Å². The second-order valence-electron chi connectivity index (χ2n) is 8.26. The van der Waals surface area contributed by atoms with Gasteiger partial charge in [-0.1, -0.05) is 24.3 Å². The number of nitrogens with one attached hydrogen (secondary N) is 1. The number of carbonyl (C=O) groups is 1. The summed E-state index contributed by atoms with van der Waals surface area (Å²) in [5.74, 6) is 0.782. The van der Waals surface area contributed by atoms with Crippen LogP contribution in [0.2, 0.25) is 0 Å². The minimum Gasteiger partial charge on any atom is -0.487 e. The van der Waals surface area contributed by atoms with Crippen LogP contribution < -0.4 is 10.1 Å². The molecule has 32 heavy (non-hydrogen) atoms. The molecular weight excluding hydrogens is 400 g/mol. The van der Waals surface area contributed by atoms with Gasteiger partial charge in [0.2, 0.25) is 0 Å². The Bertz CT molecular complexity index is 1220. The van der Waals surface area contributed by atoms with E-state index < -0.39 is 0 Å². The molecule has 3 heterocycles. The highest BCUT2D eigenvalue weighted by Gasteiger charge is 2.26. The normalized spacial score (nSPS) is 15.8. The molecule has 162 valence electrons. The molecule has 6 heteroatoms. The first-order valence-corrected chi connectivity index (χ1v) is 10.9. The van der Waals surface area contributed by atoms with E-state index >= 15 is 0 Å². The maximum atomic E-state index is 12.9. The van der Waals surface area contributed by atoms with Crippen molar-refractivity contribution in [3.63, 3.8) is 0 Å². The number of hydrogen-bond acceptors (Lipinski definition) is 4. The second kappa shape index (κ2) is 8.75. The van der Waals surface area contributed by atoms with Crippen LogP contribution in [0.5, 0.6) is 5.75 Å². The number of hydrogen-bond donors (Lipinski definition) is 1. The van der Waals surface area contributed by atoms with E-state index in [1.165, 1.54) is 5.56 Å². The Morgan fingerprint density at radius 2 is 1.88 bits per heavy atom. The smallest absolute Gasteiger partial charge is 0.253 e. The number of aromatic nitrogens is 2. The van der Waals surface area contributed by atoms with Gasteiger partial charge in [0.05, 0.1) is 5.69 Å². The molecule has 2 aromatic heterocycles. The maximum absolute atomic E-state index is 12.9. The number of ether oxygens (including phenoxy) is 1. The van der Waals surface area contributed by atoms with Gasteiger partial charge in [-0.3, -0.25) is 4.79 Å². The fourth-order valence-corrected chi connectivity index (χ4v) is 4.09. The zero-order valence-corrected chi connectivity index (χ0v) is 18.1. The molecule has 5 rings (SSSR count). The highest BCUT2D eigenvalue weighted by atomic mass is 16.5. The fraction of sp³-hybridized carbons (Fsp3) is 0.231. The summed E-state index contributed by atoms with van der Waals surface area (Å²) in [4.78, 5) is 19.4. The number of rotatable bonds is 6. The number of pyridine rings is 1. The van der Waals surface area contributed by atoms with Gasteiger partial charge < -0.3 is 19.4 Å². The van der Waals surface area contributed by atoms with Gasteiger partial charge in [-0.05, 0) is 61.4 Å². The number of carbonyl (C=O) groups excluding carboxylic acids is 1. The number of imidazole rings is 1. The van der Waals surface area contributed by atoms with Gasteiger partial charge >= 0.3 is 0 Å². The summed E-state index contributed by atoms with van der Waals surface area (Å²) in [5.41, 5.74) is 4.73. The SMILES string of the molecule is Cc1ccc2nc(COc3ccc(C(=O)N4CCC(Nc5ccccc5)C4)cc3)cn2c1. The fourth-order valence-electron chi connectivity index (χ4n) is 4.09. The van der Waals surface area contributed by atoms with E-state index in [2.05, 4.69) is 29.4 Å². The summed E-state index contributed by atoms with van der Waals surface area (Å²) in [5, 5.41) is 3.51. The first-order chi connectivity index (χ1) is 15.6. The van der Waals surface area contributed by atoms with Gasteiger partial charge in [-0.2, -0.15) is 0 Å². The summed E-state index contributed by atoms with van der Waals surface area (Å²) in [6.07, 6.45) is 4.97. The number of benzene rings is 2. The van der Waals surface area contributed by atoms with Crippen molar-refractivity contribution in [2.24, 2.45) is 0 Å². The molecule has 0 bridgehead atoms. The van der Waals surface area contributed by atoms with Gasteiger partial charge in [-0.15, -0.1) is 0 Å². The molecule has 0 spiro atoms. The third-order valence-electron chi connectivity index (χ3n) is 5.76. The third kappa shape index (κ3) is 4.44. The number of amides is 1. The van der Waals surface area contributed by atoms with E-state index in [1.54, 1.807) is 0 Å². The number of likely N-dealkylation sites (tertiary alicyclic amines) is 1. The molecule has 0 radical (unpaired) electrons. The summed E-state index contributed by atoms with van der Waals surface area (Å²) >= 11 is 0. The lowest BCUT2D eigenvalue weighted by Gasteiger charge is -2.18. The van der Waals surface area contributed by atoms with Crippen LogP contribution >= 0.6 is 0 Å². The van der Waals surface area contributed by atoms with Gasteiger partial charge in [0.25, 0.3) is 5.91 Å². The first-order valence-electron chi connectivity index (χ1n) is 10.9. The standard InChI is InChI=1S/C26H26N4O2/c1-19-7-12-25-28-23(17-30(25)15-19)18-32-24-10-8-20(9-11-24)26(31)29-14-13-22(16-29)27-21-5-3-2-4-6-21/h2-12,15,17,22,27H,13-14,16,18H2,1H3. The summed E-state index contributed by atoms with van der Waals surface area (Å²) < 4.78 is 7.89. The van der Waals surface area contributed by atoms with Crippen LogP contribution in [0.1, 0.15) is 28.0 Å². The highest BCUT2D eigenvalue weighted by Crippen LogP contribution is 2.20. The van der Waals surface area contributed by atoms with Crippen molar-refractivity contribution in [2.45, 2.75) is 26.0 Å². The number of aryl methyl sites for hydroxylation is 1. The van der Waals surface area contributed by atoms with E-state index in [0.29, 0.717) is 18.7 Å². The molecule has 2 aromatic carbocycles. The molecule has 1 saturated heterocycles. The molecule has 4 aromatic rings. The number of para-hydroxylation sites is 1. The topological polar surface area (TPSA) is 58.9 Å². The van der Waals surface area contributed by atoms with Crippen molar-refractivity contribution >= 4 is 17.2 Å². The maximum Gasteiger partial charge on any atom is 0.253 e. The van der Waals surface area contributed by atoms with Crippen LogP contribution in [-0.2, 0) is 6.61 Å². The quantitative estimate of drug-likeness (QED) is 0.492. The molecule has 1 N–H and O–H groups in total. The third-order valence-corrected chi connectivity index (χ3v) is 5.76. The Kier molecular flexibility index (Phi) is 5.50. The predicted octanol–water partition coefficient (Wildman–Crippen LogP) is 4.55. The predicted molar refractivity (Wildman–Crippen MR) is 125 cm³/mol. The van der Waals surface area contributed by atoms with Crippen LogP contribution in [0.25, 0.3) is 5.65 Å². The van der Waals surface area contributed by atoms with Gasteiger partial charge in [0, 0.05) is 42.8 Å². The Morgan fingerprint density at radius 3 is 2.69 bits per heavy atom. The Balaban J connectivity index is 1.16. The van der Waals surface area contributed by atoms with E-state index in [9.17, 15) is 4.79 Å². The van der Waals surface area contributed by atoms with E-state index in [-0.39, 0.29) is 11.9 Å². The first kappa shape index (κ1) is 20.1. The lowest BCUT2D eigenvalue weighted by Crippen LogP contribution is -2.31. The second-order valence-corrected chi connectivity index (χ2v) is 8.26. The Morgan fingerprint density at radius 1 is 1.06 bits per heavy atom. The molecular formula is C26H26N4O2. The van der Waals surface area contributed by atoms with E-state index in [0.717, 1.165) is 35.7 Å². The zero-order valence-electron chi connectivity index (χ0n) is 18.1. The lowest BCUT2D eigenvalue weighted by molar-refractivity contribution is 0.0791. The Labute approximate surface area is 187 Å². The van der Waals surface area contributed by atoms with Crippen molar-refractivity contribution in [3.8, 4) is 5.75 Å². The van der Waals surface area contributed by atoms with E-state index in [1.807, 2.05) is 76.3 Å². The molecule has 0 aliphatic carbocycles. The monoisotopic (exact) mass is 426 g/mol.